The third kappa shape index (κ3) is 4.03. The van der Waals surface area contributed by atoms with Gasteiger partial charge in [-0.25, -0.2) is 0 Å². The van der Waals surface area contributed by atoms with Crippen LogP contribution in [-0.4, -0.2) is 43.9 Å². The molecule has 0 saturated carbocycles. The Bertz CT molecular complexity index is 923. The van der Waals surface area contributed by atoms with Crippen molar-refractivity contribution in [2.45, 2.75) is 31.5 Å². The lowest BCUT2D eigenvalue weighted by Crippen LogP contribution is -2.39. The predicted octanol–water partition coefficient (Wildman–Crippen LogP) is 3.49. The van der Waals surface area contributed by atoms with Crippen LogP contribution in [0.3, 0.4) is 0 Å². The molecular formula is C24H26N2O3. The number of rotatable bonds is 7. The van der Waals surface area contributed by atoms with Gasteiger partial charge in [-0.2, -0.15) is 0 Å². The van der Waals surface area contributed by atoms with Crippen molar-refractivity contribution in [1.29, 1.82) is 0 Å². The third-order valence-corrected chi connectivity index (χ3v) is 5.51. The van der Waals surface area contributed by atoms with Crippen LogP contribution in [0.4, 0.5) is 5.69 Å². The normalized spacial score (nSPS) is 21.9. The molecule has 2 aliphatic rings. The highest BCUT2D eigenvalue weighted by atomic mass is 16.5. The van der Waals surface area contributed by atoms with E-state index in [0.29, 0.717) is 17.9 Å². The molecule has 3 unspecified atom stereocenters. The number of anilines is 1. The Morgan fingerprint density at radius 3 is 2.62 bits per heavy atom. The molecule has 0 spiro atoms. The van der Waals surface area contributed by atoms with Gasteiger partial charge in [0, 0.05) is 24.9 Å². The smallest absolute Gasteiger partial charge is 0.155 e. The average Bonchev–Trinajstić information content (AvgIpc) is 3.21. The zero-order valence-electron chi connectivity index (χ0n) is 16.6. The molecule has 0 fully saturated rings. The average molecular weight is 390 g/mol. The van der Waals surface area contributed by atoms with Crippen molar-refractivity contribution >= 4 is 12.4 Å². The van der Waals surface area contributed by atoms with Crippen LogP contribution in [0, 0.1) is 0 Å². The lowest BCUT2D eigenvalue weighted by Gasteiger charge is -2.33. The zero-order chi connectivity index (χ0) is 20.2. The molecule has 29 heavy (non-hydrogen) atoms. The molecule has 0 bridgehead atoms. The fraction of sp³-hybridized carbons (Fsp3) is 0.292. The number of benzene rings is 2. The van der Waals surface area contributed by atoms with Crippen molar-refractivity contribution in [3.8, 4) is 0 Å². The van der Waals surface area contributed by atoms with Gasteiger partial charge in [-0.1, -0.05) is 48.5 Å². The van der Waals surface area contributed by atoms with Crippen LogP contribution >= 0.6 is 0 Å². The van der Waals surface area contributed by atoms with Gasteiger partial charge in [-0.15, -0.1) is 0 Å². The molecule has 5 nitrogen and oxygen atoms in total. The minimum Gasteiger partial charge on any atom is -0.374 e. The maximum absolute atomic E-state index is 11.2. The van der Waals surface area contributed by atoms with E-state index in [1.54, 1.807) is 7.11 Å². The van der Waals surface area contributed by atoms with Crippen molar-refractivity contribution in [2.24, 2.45) is 4.99 Å². The molecule has 4 rings (SSSR count). The van der Waals surface area contributed by atoms with Gasteiger partial charge in [0.05, 0.1) is 12.3 Å². The molecule has 0 aromatic heterocycles. The highest BCUT2D eigenvalue weighted by Gasteiger charge is 2.33. The number of nitrogens with zero attached hydrogens (tertiary/aromatic N) is 2. The molecule has 2 aromatic rings. The Morgan fingerprint density at radius 2 is 1.86 bits per heavy atom. The first kappa shape index (κ1) is 19.6. The number of para-hydroxylation sites is 1. The van der Waals surface area contributed by atoms with Crippen molar-refractivity contribution in [3.05, 3.63) is 89.1 Å². The number of hydrogen-bond donors (Lipinski definition) is 1. The van der Waals surface area contributed by atoms with E-state index in [0.717, 1.165) is 24.2 Å². The van der Waals surface area contributed by atoms with Crippen LogP contribution in [0.1, 0.15) is 11.1 Å². The van der Waals surface area contributed by atoms with E-state index < -0.39 is 6.23 Å². The summed E-state index contributed by atoms with van der Waals surface area (Å²) in [5.41, 5.74) is 4.72. The molecule has 1 aliphatic carbocycles. The third-order valence-electron chi connectivity index (χ3n) is 5.51. The van der Waals surface area contributed by atoms with Crippen LogP contribution in [0.5, 0.6) is 0 Å². The second kappa shape index (κ2) is 8.74. The van der Waals surface area contributed by atoms with E-state index in [1.807, 2.05) is 65.6 Å². The van der Waals surface area contributed by atoms with Crippen molar-refractivity contribution in [3.63, 3.8) is 0 Å². The van der Waals surface area contributed by atoms with Crippen LogP contribution in [0.25, 0.3) is 0 Å². The van der Waals surface area contributed by atoms with Gasteiger partial charge < -0.3 is 19.5 Å². The Kier molecular flexibility index (Phi) is 5.90. The highest BCUT2D eigenvalue weighted by Crippen LogP contribution is 2.34. The molecule has 1 N–H and O–H groups in total. The quantitative estimate of drug-likeness (QED) is 0.736. The van der Waals surface area contributed by atoms with Crippen molar-refractivity contribution in [1.82, 2.24) is 0 Å². The van der Waals surface area contributed by atoms with E-state index in [2.05, 4.69) is 17.8 Å². The van der Waals surface area contributed by atoms with E-state index in [9.17, 15) is 5.11 Å². The van der Waals surface area contributed by atoms with Crippen molar-refractivity contribution < 1.29 is 14.6 Å². The van der Waals surface area contributed by atoms with Gasteiger partial charge in [0.25, 0.3) is 0 Å². The first-order valence-electron chi connectivity index (χ1n) is 9.83. The van der Waals surface area contributed by atoms with Gasteiger partial charge in [0.15, 0.2) is 6.23 Å². The lowest BCUT2D eigenvalue weighted by molar-refractivity contribution is -0.0203. The van der Waals surface area contributed by atoms with Gasteiger partial charge in [0.2, 0.25) is 0 Å². The fourth-order valence-corrected chi connectivity index (χ4v) is 3.96. The fourth-order valence-electron chi connectivity index (χ4n) is 3.96. The summed E-state index contributed by atoms with van der Waals surface area (Å²) in [6.07, 6.45) is 3.28. The second-order valence-corrected chi connectivity index (χ2v) is 7.24. The summed E-state index contributed by atoms with van der Waals surface area (Å²) in [6.45, 7) is 4.93. The SMILES string of the molecule is C=NC1=CC(OCc2ccccc2)C(OC)C=C1C(O)N1CCc2ccccc21. The van der Waals surface area contributed by atoms with Gasteiger partial charge in [-0.3, -0.25) is 4.99 Å². The standard InChI is InChI=1S/C24H26N2O3/c1-25-20-15-23(29-16-17-8-4-3-5-9-17)22(28-2)14-19(20)24(27)26-13-12-18-10-6-7-11-21(18)26/h3-11,14-15,22-24,27H,1,12-13,16H2,2H3. The zero-order valence-corrected chi connectivity index (χ0v) is 16.6. The Hall–Kier alpha value is -2.73. The molecule has 0 radical (unpaired) electrons. The van der Waals surface area contributed by atoms with Crippen LogP contribution in [-0.2, 0) is 22.5 Å². The molecule has 0 saturated heterocycles. The first-order chi connectivity index (χ1) is 14.2. The van der Waals surface area contributed by atoms with E-state index >= 15 is 0 Å². The van der Waals surface area contributed by atoms with E-state index in [-0.39, 0.29) is 12.2 Å². The van der Waals surface area contributed by atoms with Gasteiger partial charge in [0.1, 0.15) is 12.2 Å². The predicted molar refractivity (Wildman–Crippen MR) is 115 cm³/mol. The number of aliphatic hydroxyl groups is 1. The summed E-state index contributed by atoms with van der Waals surface area (Å²) < 4.78 is 11.7. The summed E-state index contributed by atoms with van der Waals surface area (Å²) >= 11 is 0. The monoisotopic (exact) mass is 390 g/mol. The number of hydrogen-bond acceptors (Lipinski definition) is 5. The van der Waals surface area contributed by atoms with Crippen LogP contribution in [0.15, 0.2) is 83.0 Å². The van der Waals surface area contributed by atoms with E-state index in [4.69, 9.17) is 9.47 Å². The number of aliphatic hydroxyl groups excluding tert-OH is 1. The topological polar surface area (TPSA) is 54.3 Å². The Morgan fingerprint density at radius 1 is 1.10 bits per heavy atom. The molecule has 150 valence electrons. The molecule has 1 heterocycles. The van der Waals surface area contributed by atoms with Crippen molar-refractivity contribution in [2.75, 3.05) is 18.6 Å². The van der Waals surface area contributed by atoms with Crippen LogP contribution < -0.4 is 4.90 Å². The Balaban J connectivity index is 1.54. The van der Waals surface area contributed by atoms with Crippen LogP contribution in [0.2, 0.25) is 0 Å². The van der Waals surface area contributed by atoms with E-state index in [1.165, 1.54) is 5.56 Å². The minimum atomic E-state index is -0.817. The summed E-state index contributed by atoms with van der Waals surface area (Å²) in [6, 6.07) is 18.2. The molecule has 1 aliphatic heterocycles. The first-order valence-corrected chi connectivity index (χ1v) is 9.83. The van der Waals surface area contributed by atoms with Gasteiger partial charge in [-0.05, 0) is 42.5 Å². The summed E-state index contributed by atoms with van der Waals surface area (Å²) in [7, 11) is 1.65. The molecule has 0 amide bonds. The summed E-state index contributed by atoms with van der Waals surface area (Å²) in [5, 5.41) is 11.2. The summed E-state index contributed by atoms with van der Waals surface area (Å²) in [5.74, 6) is 0. The second-order valence-electron chi connectivity index (χ2n) is 7.24. The molecule has 5 heteroatoms. The highest BCUT2D eigenvalue weighted by molar-refractivity contribution is 5.61. The Labute approximate surface area is 171 Å². The molecule has 3 atom stereocenters. The van der Waals surface area contributed by atoms with Gasteiger partial charge >= 0.3 is 0 Å². The molecular weight excluding hydrogens is 364 g/mol. The number of methoxy groups -OCH3 is 1. The number of aliphatic imine (C=N–C) groups is 1. The largest absolute Gasteiger partial charge is 0.374 e. The minimum absolute atomic E-state index is 0.303. The summed E-state index contributed by atoms with van der Waals surface area (Å²) in [4.78, 5) is 6.17. The lowest BCUT2D eigenvalue weighted by atomic mass is 9.97. The number of fused-ring (bicyclic) bond motifs is 1. The molecule has 2 aromatic carbocycles. The number of ether oxygens (including phenoxy) is 2. The maximum atomic E-state index is 11.2. The maximum Gasteiger partial charge on any atom is 0.155 e.